The topological polar surface area (TPSA) is 49.7 Å². The predicted octanol–water partition coefficient (Wildman–Crippen LogP) is 1.59. The van der Waals surface area contributed by atoms with E-state index in [0.29, 0.717) is 0 Å². The summed E-state index contributed by atoms with van der Waals surface area (Å²) in [6.45, 7) is 3.74. The number of hydrogen-bond acceptors (Lipinski definition) is 3. The van der Waals surface area contributed by atoms with Gasteiger partial charge in [-0.1, -0.05) is 20.3 Å². The second kappa shape index (κ2) is 4.99. The minimum atomic E-state index is -0.934. The SMILES string of the molecule is CC[C@H](C)[C@H](N=C=S)C(=O)O. The van der Waals surface area contributed by atoms with Crippen LogP contribution in [-0.4, -0.2) is 22.3 Å². The molecule has 11 heavy (non-hydrogen) atoms. The maximum absolute atomic E-state index is 10.5. The van der Waals surface area contributed by atoms with Crippen molar-refractivity contribution in [3.8, 4) is 0 Å². The second-order valence-electron chi connectivity index (χ2n) is 2.39. The first kappa shape index (κ1) is 10.3. The molecule has 62 valence electrons. The minimum Gasteiger partial charge on any atom is -0.480 e. The standard InChI is InChI=1S/C7H11NO2S/c1-3-5(2)6(7(9)10)8-4-11/h5-6H,3H2,1-2H3,(H,9,10)/t5-,6-/m0/s1. The molecular formula is C7H11NO2S. The molecule has 0 aliphatic rings. The molecule has 0 aromatic rings. The fourth-order valence-corrected chi connectivity index (χ4v) is 0.819. The van der Waals surface area contributed by atoms with Crippen LogP contribution in [0.15, 0.2) is 4.99 Å². The normalized spacial score (nSPS) is 14.7. The first-order valence-corrected chi connectivity index (χ1v) is 3.84. The molecule has 0 bridgehead atoms. The minimum absolute atomic E-state index is 0.0166. The number of isothiocyanates is 1. The van der Waals surface area contributed by atoms with Gasteiger partial charge in [0.1, 0.15) is 0 Å². The van der Waals surface area contributed by atoms with Gasteiger partial charge < -0.3 is 5.11 Å². The monoisotopic (exact) mass is 173 g/mol. The van der Waals surface area contributed by atoms with E-state index in [9.17, 15) is 4.79 Å². The van der Waals surface area contributed by atoms with Gasteiger partial charge in [0.15, 0.2) is 6.04 Å². The van der Waals surface area contributed by atoms with E-state index in [1.807, 2.05) is 13.8 Å². The summed E-state index contributed by atoms with van der Waals surface area (Å²) in [7, 11) is 0. The summed E-state index contributed by atoms with van der Waals surface area (Å²) in [5.41, 5.74) is 0. The van der Waals surface area contributed by atoms with Crippen molar-refractivity contribution in [2.45, 2.75) is 26.3 Å². The lowest BCUT2D eigenvalue weighted by molar-refractivity contribution is -0.139. The van der Waals surface area contributed by atoms with Crippen LogP contribution in [0.2, 0.25) is 0 Å². The van der Waals surface area contributed by atoms with Crippen LogP contribution < -0.4 is 0 Å². The maximum atomic E-state index is 10.5. The first-order chi connectivity index (χ1) is 5.13. The Morgan fingerprint density at radius 1 is 1.82 bits per heavy atom. The number of carboxylic acids is 1. The van der Waals surface area contributed by atoms with Crippen LogP contribution in [0.5, 0.6) is 0 Å². The summed E-state index contributed by atoms with van der Waals surface area (Å²) >= 11 is 4.33. The maximum Gasteiger partial charge on any atom is 0.329 e. The summed E-state index contributed by atoms with van der Waals surface area (Å²) in [6, 6.07) is -0.725. The van der Waals surface area contributed by atoms with Crippen molar-refractivity contribution in [3.63, 3.8) is 0 Å². The molecule has 0 amide bonds. The highest BCUT2D eigenvalue weighted by Gasteiger charge is 2.21. The summed E-state index contributed by atoms with van der Waals surface area (Å²) < 4.78 is 0. The van der Waals surface area contributed by atoms with Gasteiger partial charge in [-0.15, -0.1) is 0 Å². The van der Waals surface area contributed by atoms with E-state index in [1.54, 1.807) is 0 Å². The van der Waals surface area contributed by atoms with Gasteiger partial charge in [-0.3, -0.25) is 0 Å². The van der Waals surface area contributed by atoms with Crippen molar-refractivity contribution in [1.29, 1.82) is 0 Å². The molecule has 2 atom stereocenters. The number of rotatable bonds is 4. The molecule has 4 heteroatoms. The van der Waals surface area contributed by atoms with Crippen molar-refractivity contribution in [2.24, 2.45) is 10.9 Å². The lowest BCUT2D eigenvalue weighted by atomic mass is 10.0. The smallest absolute Gasteiger partial charge is 0.329 e. The van der Waals surface area contributed by atoms with Crippen LogP contribution in [0, 0.1) is 5.92 Å². The molecule has 0 aromatic heterocycles. The molecule has 0 saturated heterocycles. The number of carbonyl (C=O) groups is 1. The van der Waals surface area contributed by atoms with Gasteiger partial charge in [0.2, 0.25) is 0 Å². The average Bonchev–Trinajstić information content (AvgIpc) is 1.98. The number of hydrogen-bond donors (Lipinski definition) is 1. The Morgan fingerprint density at radius 3 is 2.64 bits per heavy atom. The molecular weight excluding hydrogens is 162 g/mol. The van der Waals surface area contributed by atoms with Crippen LogP contribution in [0.3, 0.4) is 0 Å². The predicted molar refractivity (Wildman–Crippen MR) is 45.9 cm³/mol. The highest BCUT2D eigenvalue weighted by molar-refractivity contribution is 7.78. The zero-order valence-corrected chi connectivity index (χ0v) is 7.39. The number of carboxylic acid groups (broad SMARTS) is 1. The van der Waals surface area contributed by atoms with Crippen molar-refractivity contribution in [3.05, 3.63) is 0 Å². The van der Waals surface area contributed by atoms with Crippen molar-refractivity contribution in [2.75, 3.05) is 0 Å². The molecule has 0 aromatic carbocycles. The summed E-state index contributed by atoms with van der Waals surface area (Å²) in [4.78, 5) is 14.1. The summed E-state index contributed by atoms with van der Waals surface area (Å²) in [6.07, 6.45) is 0.775. The van der Waals surface area contributed by atoms with Crippen LogP contribution in [0.4, 0.5) is 0 Å². The van der Waals surface area contributed by atoms with Gasteiger partial charge in [-0.25, -0.2) is 9.79 Å². The zero-order valence-electron chi connectivity index (χ0n) is 6.57. The molecule has 0 heterocycles. The van der Waals surface area contributed by atoms with Crippen molar-refractivity contribution < 1.29 is 9.90 Å². The number of nitrogens with zero attached hydrogens (tertiary/aromatic N) is 1. The zero-order chi connectivity index (χ0) is 8.85. The molecule has 0 aliphatic heterocycles. The highest BCUT2D eigenvalue weighted by Crippen LogP contribution is 2.10. The van der Waals surface area contributed by atoms with E-state index < -0.39 is 12.0 Å². The van der Waals surface area contributed by atoms with Crippen LogP contribution in [0.1, 0.15) is 20.3 Å². The summed E-state index contributed by atoms with van der Waals surface area (Å²) in [5.74, 6) is -0.917. The van der Waals surface area contributed by atoms with E-state index in [2.05, 4.69) is 22.4 Å². The summed E-state index contributed by atoms with van der Waals surface area (Å²) in [5, 5.41) is 10.7. The van der Waals surface area contributed by atoms with Crippen LogP contribution in [-0.2, 0) is 4.79 Å². The number of aliphatic imine (C=N–C) groups is 1. The molecule has 3 nitrogen and oxygen atoms in total. The van der Waals surface area contributed by atoms with Crippen LogP contribution >= 0.6 is 12.2 Å². The van der Waals surface area contributed by atoms with Crippen LogP contribution in [0.25, 0.3) is 0 Å². The molecule has 0 aliphatic carbocycles. The Kier molecular flexibility index (Phi) is 4.66. The average molecular weight is 173 g/mol. The van der Waals surface area contributed by atoms with Crippen molar-refractivity contribution >= 4 is 23.3 Å². The molecule has 0 spiro atoms. The lowest BCUT2D eigenvalue weighted by Crippen LogP contribution is -2.25. The van der Waals surface area contributed by atoms with E-state index in [0.717, 1.165) is 6.42 Å². The third kappa shape index (κ3) is 3.25. The van der Waals surface area contributed by atoms with E-state index in [-0.39, 0.29) is 5.92 Å². The third-order valence-corrected chi connectivity index (χ3v) is 1.73. The molecule has 1 N–H and O–H groups in total. The highest BCUT2D eigenvalue weighted by atomic mass is 32.1. The molecule has 0 radical (unpaired) electrons. The first-order valence-electron chi connectivity index (χ1n) is 3.43. The number of aliphatic carboxylic acids is 1. The van der Waals surface area contributed by atoms with E-state index >= 15 is 0 Å². The Labute approximate surface area is 71.1 Å². The van der Waals surface area contributed by atoms with E-state index in [4.69, 9.17) is 5.11 Å². The third-order valence-electron chi connectivity index (χ3n) is 1.63. The Balaban J connectivity index is 4.32. The number of thiocarbonyl (C=S) groups is 1. The molecule has 0 fully saturated rings. The second-order valence-corrected chi connectivity index (χ2v) is 2.57. The Morgan fingerprint density at radius 2 is 2.36 bits per heavy atom. The van der Waals surface area contributed by atoms with Gasteiger partial charge in [0.25, 0.3) is 0 Å². The van der Waals surface area contributed by atoms with Gasteiger partial charge in [0.05, 0.1) is 5.16 Å². The molecule has 0 rings (SSSR count). The Hall–Kier alpha value is -0.730. The lowest BCUT2D eigenvalue weighted by Gasteiger charge is -2.11. The van der Waals surface area contributed by atoms with Gasteiger partial charge in [-0.2, -0.15) is 0 Å². The molecule has 0 saturated carbocycles. The van der Waals surface area contributed by atoms with Crippen molar-refractivity contribution in [1.82, 2.24) is 0 Å². The quantitative estimate of drug-likeness (QED) is 0.518. The Bertz CT molecular complexity index is 185. The largest absolute Gasteiger partial charge is 0.480 e. The van der Waals surface area contributed by atoms with Gasteiger partial charge in [-0.05, 0) is 18.1 Å². The fraction of sp³-hybridized carbons (Fsp3) is 0.714. The fourth-order valence-electron chi connectivity index (χ4n) is 0.706. The van der Waals surface area contributed by atoms with Gasteiger partial charge in [0, 0.05) is 0 Å². The molecule has 0 unspecified atom stereocenters. The van der Waals surface area contributed by atoms with E-state index in [1.165, 1.54) is 0 Å². The van der Waals surface area contributed by atoms with Gasteiger partial charge >= 0.3 is 5.97 Å².